The number of benzene rings is 4. The van der Waals surface area contributed by atoms with Gasteiger partial charge in [0.25, 0.3) is 17.7 Å². The number of primary amides is 1. The number of aliphatic hydroxyl groups is 4. The van der Waals surface area contributed by atoms with Gasteiger partial charge in [-0.25, -0.2) is 14.6 Å². The average molecular weight is 1450 g/mol. The lowest BCUT2D eigenvalue weighted by atomic mass is 9.78. The molecule has 0 spiro atoms. The fourth-order valence-corrected chi connectivity index (χ4v) is 13.7. The molecule has 11 atom stereocenters. The van der Waals surface area contributed by atoms with Crippen LogP contribution in [0.1, 0.15) is 124 Å². The number of aliphatic hydroxyl groups excluding tert-OH is 4. The second kappa shape index (κ2) is 34.1. The molecule has 29 nitrogen and oxygen atoms in total. The summed E-state index contributed by atoms with van der Waals surface area (Å²) in [7, 11) is 1.42. The average Bonchev–Trinajstić information content (AvgIpc) is 1.64. The number of imide groups is 1. The number of phenols is 1. The number of piperidine rings is 1. The number of nitrogens with two attached hydrogens (primary N) is 1. The summed E-state index contributed by atoms with van der Waals surface area (Å²) < 4.78 is 30.3. The lowest BCUT2D eigenvalue weighted by molar-refractivity contribution is -0.137. The smallest absolute Gasteiger partial charge is 0.407 e. The van der Waals surface area contributed by atoms with Crippen LogP contribution >= 0.6 is 0 Å². The van der Waals surface area contributed by atoms with E-state index in [-0.39, 0.29) is 124 Å². The third kappa shape index (κ3) is 18.1. The molecule has 4 aromatic carbocycles. The second-order valence-electron chi connectivity index (χ2n) is 28.2. The molecule has 12 N–H and O–H groups in total. The molecule has 564 valence electrons. The number of ether oxygens (including phenoxy) is 4. The Morgan fingerprint density at radius 1 is 0.848 bits per heavy atom. The number of rotatable bonds is 22. The van der Waals surface area contributed by atoms with E-state index in [9.17, 15) is 68.7 Å². The van der Waals surface area contributed by atoms with Gasteiger partial charge in [-0.15, -0.1) is 0 Å². The number of unbranched alkanes of at least 4 members (excludes halogenated alkanes) is 2. The van der Waals surface area contributed by atoms with Gasteiger partial charge in [0, 0.05) is 141 Å². The third-order valence-electron chi connectivity index (χ3n) is 20.3. The Hall–Kier alpha value is -10.2. The number of carbonyl (C=O) groups is 8. The monoisotopic (exact) mass is 1450 g/mol. The summed E-state index contributed by atoms with van der Waals surface area (Å²) in [6.07, 6.45) is 7.54. The molecule has 105 heavy (non-hydrogen) atoms. The second-order valence-corrected chi connectivity index (χ2v) is 28.2. The molecule has 4 aliphatic heterocycles. The highest BCUT2D eigenvalue weighted by atomic mass is 16.7. The van der Waals surface area contributed by atoms with Crippen molar-refractivity contribution in [1.82, 2.24) is 25.8 Å². The van der Waals surface area contributed by atoms with E-state index in [4.69, 9.17) is 34.1 Å². The number of hydrogen-bond donors (Lipinski definition) is 11. The Labute approximate surface area is 605 Å². The fourth-order valence-electron chi connectivity index (χ4n) is 13.7. The first-order chi connectivity index (χ1) is 49.8. The van der Waals surface area contributed by atoms with Crippen molar-refractivity contribution in [2.45, 2.75) is 169 Å². The number of Topliss-reactive ketones (excluding diaryl/α,β-unsaturated/α-hetero) is 1. The van der Waals surface area contributed by atoms with Crippen LogP contribution in [-0.2, 0) is 49.6 Å². The third-order valence-corrected chi connectivity index (χ3v) is 20.3. The zero-order chi connectivity index (χ0) is 76.5. The summed E-state index contributed by atoms with van der Waals surface area (Å²) in [5, 5.41) is 71.7. The first kappa shape index (κ1) is 78.9. The SMILES string of the molecule is CO[C@H]1/C=C/O[C@@]2(C)Oc3c(C)c(O)c4c(=O)c(c5oc6cc(N7CCC(NC(=O)OCc8ccc(NC(=O)[C@H](CCCNC(N)=O)CC(=O)[C@@H](NC(=O)CCCCCN9C(=O)C=CC9=O)C(C)C)cc8)CC7)cc(=O)c6nc5c4c3=C2O)NC(=O)/C(C)=C\C=C\[C@H](C)[C@H](O)[C@@H](C)[C@@H](O)[C@@H](C)[C@H](O)[C@@H]1C. The Balaban J connectivity index is 0.880. The number of aromatic nitrogens is 1. The number of allylic oxidation sites excluding steroid dienone is 2. The van der Waals surface area contributed by atoms with Crippen LogP contribution in [0.4, 0.5) is 26.7 Å². The van der Waals surface area contributed by atoms with Gasteiger partial charge in [-0.3, -0.25) is 43.3 Å². The van der Waals surface area contributed by atoms with Crippen LogP contribution in [0.5, 0.6) is 11.5 Å². The number of nitrogens with one attached hydrogen (secondary N) is 5. The van der Waals surface area contributed by atoms with Crippen molar-refractivity contribution in [2.75, 3.05) is 48.8 Å². The van der Waals surface area contributed by atoms with Gasteiger partial charge in [0.2, 0.25) is 22.7 Å². The number of hydrogen-bond acceptors (Lipinski definition) is 22. The summed E-state index contributed by atoms with van der Waals surface area (Å²) in [4.78, 5) is 141. The van der Waals surface area contributed by atoms with Crippen molar-refractivity contribution >= 4 is 103 Å². The molecule has 9 rings (SSSR count). The molecule has 0 radical (unpaired) electrons. The number of ketones is 1. The highest BCUT2D eigenvalue weighted by Crippen LogP contribution is 2.43. The highest BCUT2D eigenvalue weighted by molar-refractivity contribution is 6.17. The zero-order valence-electron chi connectivity index (χ0n) is 60.6. The number of phenolic OH excluding ortho intramolecular Hbond substituents is 1. The molecule has 1 saturated heterocycles. The van der Waals surface area contributed by atoms with Gasteiger partial charge < -0.3 is 86.1 Å². The van der Waals surface area contributed by atoms with Crippen molar-refractivity contribution in [1.29, 1.82) is 0 Å². The van der Waals surface area contributed by atoms with Crippen molar-refractivity contribution in [2.24, 2.45) is 41.2 Å². The lowest BCUT2D eigenvalue weighted by Gasteiger charge is -2.36. The molecule has 0 unspecified atom stereocenters. The number of aromatic hydroxyl groups is 1. The fraction of sp³-hybridized carbons (Fsp3) is 0.487. The number of alkyl carbamates (subject to hydrolysis) is 1. The molecule has 1 fully saturated rings. The summed E-state index contributed by atoms with van der Waals surface area (Å²) in [5.41, 5.74) is 3.84. The zero-order valence-corrected chi connectivity index (χ0v) is 60.6. The van der Waals surface area contributed by atoms with Gasteiger partial charge in [0.1, 0.15) is 29.3 Å². The van der Waals surface area contributed by atoms with Gasteiger partial charge >= 0.3 is 17.9 Å². The van der Waals surface area contributed by atoms with E-state index in [1.165, 1.54) is 64.5 Å². The molecule has 0 aliphatic carbocycles. The normalized spacial score (nSPS) is 24.3. The summed E-state index contributed by atoms with van der Waals surface area (Å²) in [6, 6.07) is 7.46. The van der Waals surface area contributed by atoms with Gasteiger partial charge in [-0.2, -0.15) is 0 Å². The minimum Gasteiger partial charge on any atom is -0.507 e. The summed E-state index contributed by atoms with van der Waals surface area (Å²) in [6.45, 7) is 15.6. The highest BCUT2D eigenvalue weighted by Gasteiger charge is 2.44. The number of anilines is 3. The standard InChI is InChI=1S/C76H95N9O20/c1-38(2)60(81-54(88)19-12-11-13-30-85-55(89)24-25-56(85)90)50(86)34-46(18-15-29-78-74(77)99)73(98)79-47-22-20-45(21-23-47)37-102-75(100)80-48-26-31-84(32-27-48)49-35-51(87)61-53(36-49)104-70-62(82-61)57-58-67(94)44(8)69-59(57)71(96)76(9,105-69)103-33-28-52(101-10)41(5)65(92)43(7)66(93)42(6)64(91)39(3)16-14-17-40(4)72(97)83-63(70)68(58)95/h14,16-17,20-25,28,33,35-36,38-39,41-43,46,48,52,60,64-66,91-94,96H,11-13,15,18-19,26-27,29-32,34,37H2,1-10H3,(H,79,98)(H,80,100)(H,81,88)(H,83,97)(H3,77,78,99)/b16-14+,33-28+,40-17-/t39-,41+,42+,43-,46+,52-,60-,64-,65+,66+,76-/m0/s1. The molecule has 4 bridgehead atoms. The molecule has 8 amide bonds. The lowest BCUT2D eigenvalue weighted by Crippen LogP contribution is -2.45. The van der Waals surface area contributed by atoms with Crippen LogP contribution in [0.3, 0.4) is 0 Å². The first-order valence-corrected chi connectivity index (χ1v) is 35.4. The van der Waals surface area contributed by atoms with Crippen molar-refractivity contribution in [3.63, 3.8) is 0 Å². The quantitative estimate of drug-likeness (QED) is 0.0153. The maximum Gasteiger partial charge on any atom is 0.407 e. The van der Waals surface area contributed by atoms with E-state index in [1.807, 2.05) is 4.90 Å². The topological polar surface area (TPSA) is 427 Å². The van der Waals surface area contributed by atoms with E-state index in [2.05, 4.69) is 26.6 Å². The van der Waals surface area contributed by atoms with Gasteiger partial charge in [-0.1, -0.05) is 78.3 Å². The van der Waals surface area contributed by atoms with E-state index in [0.717, 1.165) is 4.90 Å². The largest absolute Gasteiger partial charge is 0.507 e. The molecule has 4 aliphatic rings. The van der Waals surface area contributed by atoms with Crippen LogP contribution in [0.2, 0.25) is 0 Å². The van der Waals surface area contributed by atoms with Gasteiger partial charge in [0.05, 0.1) is 47.3 Å². The molecule has 5 aromatic rings. The van der Waals surface area contributed by atoms with E-state index >= 15 is 4.79 Å². The Morgan fingerprint density at radius 3 is 2.19 bits per heavy atom. The number of amides is 8. The van der Waals surface area contributed by atoms with E-state index in [0.29, 0.717) is 68.6 Å². The molecular weight excluding hydrogens is 1360 g/mol. The summed E-state index contributed by atoms with van der Waals surface area (Å²) >= 11 is 0. The molecule has 1 aromatic heterocycles. The molecular formula is C76H95N9O20. The van der Waals surface area contributed by atoms with Gasteiger partial charge in [-0.05, 0) is 82.1 Å². The Morgan fingerprint density at radius 2 is 1.52 bits per heavy atom. The van der Waals surface area contributed by atoms with Crippen molar-refractivity contribution < 1.29 is 87.3 Å². The number of urea groups is 1. The van der Waals surface area contributed by atoms with Crippen molar-refractivity contribution in [3.05, 3.63) is 121 Å². The molecule has 29 heteroatoms. The van der Waals surface area contributed by atoms with Crippen molar-refractivity contribution in [3.8, 4) is 11.5 Å². The maximum atomic E-state index is 15.1. The number of methoxy groups -OCH3 is 1. The van der Waals surface area contributed by atoms with Crippen LogP contribution in [-0.4, -0.2) is 158 Å². The Kier molecular flexibility index (Phi) is 25.6. The van der Waals surface area contributed by atoms with E-state index < -0.39 is 123 Å². The number of fused-ring (bicyclic) bond motifs is 2. The van der Waals surface area contributed by atoms with Crippen LogP contribution < -0.4 is 58.0 Å². The minimum absolute atomic E-state index is 0.00446. The predicted molar refractivity (Wildman–Crippen MR) is 390 cm³/mol. The first-order valence-electron chi connectivity index (χ1n) is 35.4. The summed E-state index contributed by atoms with van der Waals surface area (Å²) in [5.74, 6) is -9.91. The van der Waals surface area contributed by atoms with Crippen LogP contribution in [0.25, 0.3) is 38.7 Å². The van der Waals surface area contributed by atoms with Crippen LogP contribution in [0, 0.1) is 42.4 Å². The number of carbonyl (C=O) groups excluding carboxylic acids is 8. The number of nitrogens with zero attached hydrogens (tertiary/aromatic N) is 3. The molecule has 5 heterocycles. The maximum absolute atomic E-state index is 15.1. The predicted octanol–water partition coefficient (Wildman–Crippen LogP) is 6.47. The van der Waals surface area contributed by atoms with E-state index in [1.54, 1.807) is 84.0 Å². The molecule has 0 saturated carbocycles. The Bertz CT molecular complexity index is 4450. The van der Waals surface area contributed by atoms with Gasteiger partial charge in [0.15, 0.2) is 28.2 Å². The van der Waals surface area contributed by atoms with Crippen LogP contribution in [0.15, 0.2) is 98.7 Å². The minimum atomic E-state index is -2.04.